The van der Waals surface area contributed by atoms with Crippen LogP contribution in [0.4, 0.5) is 0 Å². The molecule has 0 spiro atoms. The molecule has 5 nitrogen and oxygen atoms in total. The van der Waals surface area contributed by atoms with E-state index in [2.05, 4.69) is 140 Å². The molecule has 168 valence electrons. The summed E-state index contributed by atoms with van der Waals surface area (Å²) in [6.07, 6.45) is 0. The highest BCUT2D eigenvalue weighted by Gasteiger charge is 2.17. The van der Waals surface area contributed by atoms with Gasteiger partial charge in [0, 0.05) is 34.5 Å². The van der Waals surface area contributed by atoms with Crippen LogP contribution < -0.4 is 0 Å². The average Bonchev–Trinajstić information content (AvgIpc) is 2.71. The standard InChI is InChI=1S/C20H17I6NO4/c1-2-27(3-5-30-19(28)13-7-11(21)9-15(23)17(13)25)4-6-31-20(29)14-8-12(22)10-16(24)18(14)26/h7-10H,2-6H2,1H3. The van der Waals surface area contributed by atoms with Crippen LogP contribution in [-0.4, -0.2) is 49.7 Å². The van der Waals surface area contributed by atoms with Gasteiger partial charge in [0.25, 0.3) is 0 Å². The van der Waals surface area contributed by atoms with Crippen LogP contribution >= 0.6 is 136 Å². The second-order valence-corrected chi connectivity index (χ2v) is 13.2. The summed E-state index contributed by atoms with van der Waals surface area (Å²) in [4.78, 5) is 27.0. The molecule has 0 aliphatic rings. The highest BCUT2D eigenvalue weighted by molar-refractivity contribution is 14.1. The number of hydrogen-bond acceptors (Lipinski definition) is 5. The molecule has 0 fully saturated rings. The Hall–Kier alpha value is 1.72. The Labute approximate surface area is 263 Å². The number of nitrogens with zero attached hydrogens (tertiary/aromatic N) is 1. The largest absolute Gasteiger partial charge is 0.461 e. The summed E-state index contributed by atoms with van der Waals surface area (Å²) in [6, 6.07) is 7.74. The molecule has 31 heavy (non-hydrogen) atoms. The number of halogens is 6. The maximum atomic E-state index is 12.5. The minimum atomic E-state index is -0.314. The first-order valence-electron chi connectivity index (χ1n) is 8.99. The van der Waals surface area contributed by atoms with Crippen molar-refractivity contribution in [1.82, 2.24) is 4.90 Å². The van der Waals surface area contributed by atoms with E-state index >= 15 is 0 Å². The third-order valence-electron chi connectivity index (χ3n) is 4.15. The van der Waals surface area contributed by atoms with E-state index in [1.165, 1.54) is 0 Å². The van der Waals surface area contributed by atoms with E-state index in [4.69, 9.17) is 9.47 Å². The van der Waals surface area contributed by atoms with E-state index < -0.39 is 0 Å². The van der Waals surface area contributed by atoms with Gasteiger partial charge < -0.3 is 9.47 Å². The van der Waals surface area contributed by atoms with Crippen LogP contribution in [0.2, 0.25) is 0 Å². The summed E-state index contributed by atoms with van der Waals surface area (Å²) >= 11 is 13.2. The molecule has 0 heterocycles. The van der Waals surface area contributed by atoms with Crippen molar-refractivity contribution in [3.63, 3.8) is 0 Å². The van der Waals surface area contributed by atoms with Crippen molar-refractivity contribution in [3.05, 3.63) is 56.8 Å². The lowest BCUT2D eigenvalue weighted by molar-refractivity contribution is 0.0400. The number of rotatable bonds is 9. The minimum Gasteiger partial charge on any atom is -0.461 e. The Morgan fingerprint density at radius 2 is 1.13 bits per heavy atom. The molecule has 0 bridgehead atoms. The summed E-state index contributed by atoms with van der Waals surface area (Å²) < 4.78 is 16.9. The summed E-state index contributed by atoms with van der Waals surface area (Å²) in [5, 5.41) is 0. The second kappa shape index (κ2) is 14.3. The van der Waals surface area contributed by atoms with E-state index in [9.17, 15) is 9.59 Å². The Bertz CT molecular complexity index is 894. The van der Waals surface area contributed by atoms with Gasteiger partial charge in [-0.1, -0.05) is 6.92 Å². The molecular weight excluding hydrogens is 1080 g/mol. The van der Waals surface area contributed by atoms with Gasteiger partial charge in [-0.05, 0) is 166 Å². The van der Waals surface area contributed by atoms with E-state index in [1.54, 1.807) is 0 Å². The minimum absolute atomic E-state index is 0.283. The van der Waals surface area contributed by atoms with Crippen LogP contribution in [0.25, 0.3) is 0 Å². The molecule has 2 aromatic carbocycles. The zero-order valence-corrected chi connectivity index (χ0v) is 29.1. The monoisotopic (exact) mass is 1100 g/mol. The number of ether oxygens (including phenoxy) is 2. The second-order valence-electron chi connectivity index (χ2n) is 6.20. The molecule has 0 saturated carbocycles. The van der Waals surface area contributed by atoms with Gasteiger partial charge in [0.2, 0.25) is 0 Å². The molecule has 0 atom stereocenters. The molecule has 0 aliphatic heterocycles. The van der Waals surface area contributed by atoms with E-state index in [-0.39, 0.29) is 25.2 Å². The van der Waals surface area contributed by atoms with Crippen molar-refractivity contribution in [2.75, 3.05) is 32.8 Å². The number of hydrogen-bond donors (Lipinski definition) is 0. The van der Waals surface area contributed by atoms with Gasteiger partial charge in [-0.15, -0.1) is 0 Å². The molecular formula is C20H17I6NO4. The normalized spacial score (nSPS) is 11.0. The number of benzene rings is 2. The zero-order valence-electron chi connectivity index (χ0n) is 16.2. The number of likely N-dealkylation sites (N-methyl/N-ethyl adjacent to an activating group) is 1. The van der Waals surface area contributed by atoms with Gasteiger partial charge in [-0.25, -0.2) is 9.59 Å². The zero-order chi connectivity index (χ0) is 23.1. The third kappa shape index (κ3) is 9.02. The lowest BCUT2D eigenvalue weighted by Crippen LogP contribution is -2.32. The maximum absolute atomic E-state index is 12.5. The lowest BCUT2D eigenvalue weighted by Gasteiger charge is -2.20. The predicted octanol–water partition coefficient (Wildman–Crippen LogP) is 6.65. The van der Waals surface area contributed by atoms with Crippen molar-refractivity contribution in [1.29, 1.82) is 0 Å². The van der Waals surface area contributed by atoms with Crippen molar-refractivity contribution < 1.29 is 19.1 Å². The van der Waals surface area contributed by atoms with E-state index in [0.29, 0.717) is 24.2 Å². The highest BCUT2D eigenvalue weighted by Crippen LogP contribution is 2.24. The van der Waals surface area contributed by atoms with Crippen molar-refractivity contribution in [2.45, 2.75) is 6.92 Å². The Balaban J connectivity index is 1.83. The molecule has 0 aliphatic carbocycles. The summed E-state index contributed by atoms with van der Waals surface area (Å²) in [5.41, 5.74) is 1.19. The number of carbonyl (C=O) groups excluding carboxylic acids is 2. The van der Waals surface area contributed by atoms with Gasteiger partial charge in [0.1, 0.15) is 13.2 Å². The van der Waals surface area contributed by atoms with Crippen LogP contribution in [0.3, 0.4) is 0 Å². The molecule has 0 N–H and O–H groups in total. The molecule has 0 aromatic heterocycles. The summed E-state index contributed by atoms with van der Waals surface area (Å²) in [6.45, 7) is 4.52. The lowest BCUT2D eigenvalue weighted by atomic mass is 10.2. The fourth-order valence-electron chi connectivity index (χ4n) is 2.53. The SMILES string of the molecule is CCN(CCOC(=O)c1cc(I)cc(I)c1I)CCOC(=O)c1cc(I)cc(I)c1I. The molecule has 0 amide bonds. The quantitative estimate of drug-likeness (QED) is 0.160. The maximum Gasteiger partial charge on any atom is 0.339 e. The number of carbonyl (C=O) groups is 2. The summed E-state index contributed by atoms with van der Waals surface area (Å²) in [7, 11) is 0. The average molecular weight is 1100 g/mol. The van der Waals surface area contributed by atoms with Crippen LogP contribution in [0, 0.1) is 21.4 Å². The number of esters is 2. The van der Waals surface area contributed by atoms with E-state index in [1.807, 2.05) is 31.2 Å². The molecule has 2 aromatic rings. The molecule has 11 heteroatoms. The Kier molecular flexibility index (Phi) is 13.4. The first-order valence-corrected chi connectivity index (χ1v) is 15.5. The van der Waals surface area contributed by atoms with Gasteiger partial charge >= 0.3 is 11.9 Å². The third-order valence-corrected chi connectivity index (χ3v) is 11.5. The Morgan fingerprint density at radius 1 is 0.742 bits per heavy atom. The fraction of sp³-hybridized carbons (Fsp3) is 0.300. The first-order chi connectivity index (χ1) is 14.6. The van der Waals surface area contributed by atoms with E-state index in [0.717, 1.165) is 28.0 Å². The fourth-order valence-corrected chi connectivity index (χ4v) is 7.28. The Morgan fingerprint density at radius 3 is 1.48 bits per heavy atom. The molecule has 2 rings (SSSR count). The summed E-state index contributed by atoms with van der Waals surface area (Å²) in [5.74, 6) is -0.627. The van der Waals surface area contributed by atoms with Crippen molar-refractivity contribution in [3.8, 4) is 0 Å². The van der Waals surface area contributed by atoms with Crippen molar-refractivity contribution in [2.24, 2.45) is 0 Å². The van der Waals surface area contributed by atoms with Crippen LogP contribution in [-0.2, 0) is 9.47 Å². The predicted molar refractivity (Wildman–Crippen MR) is 172 cm³/mol. The topological polar surface area (TPSA) is 55.8 Å². The molecule has 0 unspecified atom stereocenters. The van der Waals surface area contributed by atoms with Gasteiger partial charge in [-0.2, -0.15) is 0 Å². The smallest absolute Gasteiger partial charge is 0.339 e. The molecule has 0 radical (unpaired) electrons. The molecule has 0 saturated heterocycles. The first kappa shape index (κ1) is 29.0. The highest BCUT2D eigenvalue weighted by atomic mass is 127. The van der Waals surface area contributed by atoms with Crippen LogP contribution in [0.5, 0.6) is 0 Å². The van der Waals surface area contributed by atoms with Crippen molar-refractivity contribution >= 4 is 147 Å². The van der Waals surface area contributed by atoms with Crippen LogP contribution in [0.15, 0.2) is 24.3 Å². The van der Waals surface area contributed by atoms with Gasteiger partial charge in [-0.3, -0.25) is 4.90 Å². The van der Waals surface area contributed by atoms with Gasteiger partial charge in [0.15, 0.2) is 0 Å². The van der Waals surface area contributed by atoms with Gasteiger partial charge in [0.05, 0.1) is 11.1 Å². The van der Waals surface area contributed by atoms with Crippen LogP contribution in [0.1, 0.15) is 27.6 Å².